The molecule has 0 bridgehead atoms. The van der Waals surface area contributed by atoms with Crippen LogP contribution in [0.25, 0.3) is 0 Å². The Kier molecular flexibility index (Phi) is 6.92. The summed E-state index contributed by atoms with van der Waals surface area (Å²) in [7, 11) is -1.40. The lowest BCUT2D eigenvalue weighted by Crippen LogP contribution is -2.44. The first-order chi connectivity index (χ1) is 12.3. The van der Waals surface area contributed by atoms with E-state index in [2.05, 4.69) is 27.2 Å². The van der Waals surface area contributed by atoms with Crippen LogP contribution in [0, 0.1) is 11.5 Å². The molecule has 0 aliphatic carbocycles. The minimum absolute atomic E-state index is 0.191. The van der Waals surface area contributed by atoms with Gasteiger partial charge in [-0.1, -0.05) is 11.8 Å². The Balaban J connectivity index is 2.51. The van der Waals surface area contributed by atoms with E-state index < -0.39 is 15.1 Å². The molecule has 1 aromatic rings. The van der Waals surface area contributed by atoms with Gasteiger partial charge in [-0.3, -0.25) is 5.32 Å². The summed E-state index contributed by atoms with van der Waals surface area (Å²) in [6, 6.07) is 5.28. The van der Waals surface area contributed by atoms with E-state index in [1.807, 2.05) is 12.3 Å². The number of thioether (sulfide) groups is 1. The van der Waals surface area contributed by atoms with Gasteiger partial charge in [0.1, 0.15) is 0 Å². The van der Waals surface area contributed by atoms with Gasteiger partial charge in [-0.15, -0.1) is 0 Å². The number of rotatable bonds is 4. The van der Waals surface area contributed by atoms with Crippen LogP contribution >= 0.6 is 11.8 Å². The fourth-order valence-electron chi connectivity index (χ4n) is 2.63. The van der Waals surface area contributed by atoms with Crippen molar-refractivity contribution in [3.8, 4) is 6.19 Å². The zero-order chi connectivity index (χ0) is 19.3. The van der Waals surface area contributed by atoms with Crippen LogP contribution in [0.3, 0.4) is 0 Å². The number of sulfone groups is 1. The van der Waals surface area contributed by atoms with Crippen molar-refractivity contribution in [2.45, 2.75) is 24.0 Å². The standard InChI is InChI=1S/C17H25N5O2S2/c1-13(2)26(23,24)16-6-5-14(22-9-7-21(3)8-10-22)11-15(16)20-17(25-4)19-12-18/h5-6,11,13H,7-10H2,1-4H3,(H,19,20). The van der Waals surface area contributed by atoms with Crippen LogP contribution in [0.4, 0.5) is 11.4 Å². The maximum Gasteiger partial charge on any atom is 0.183 e. The summed E-state index contributed by atoms with van der Waals surface area (Å²) < 4.78 is 25.5. The fourth-order valence-corrected chi connectivity index (χ4v) is 4.13. The Labute approximate surface area is 160 Å². The highest BCUT2D eigenvalue weighted by molar-refractivity contribution is 8.13. The Bertz CT molecular complexity index is 807. The molecule has 26 heavy (non-hydrogen) atoms. The fraction of sp³-hybridized carbons (Fsp3) is 0.529. The number of benzene rings is 1. The zero-order valence-corrected chi connectivity index (χ0v) is 17.2. The Morgan fingerprint density at radius 3 is 2.50 bits per heavy atom. The first-order valence-electron chi connectivity index (χ1n) is 8.38. The highest BCUT2D eigenvalue weighted by atomic mass is 32.2. The maximum absolute atomic E-state index is 12.7. The van der Waals surface area contributed by atoms with Crippen molar-refractivity contribution in [1.82, 2.24) is 10.2 Å². The average Bonchev–Trinajstić information content (AvgIpc) is 2.61. The molecule has 142 valence electrons. The smallest absolute Gasteiger partial charge is 0.183 e. The van der Waals surface area contributed by atoms with Gasteiger partial charge in [0, 0.05) is 31.9 Å². The first kappa shape index (κ1) is 20.6. The number of amidine groups is 1. The second-order valence-corrected chi connectivity index (χ2v) is 9.66. The summed E-state index contributed by atoms with van der Waals surface area (Å²) in [6.45, 7) is 6.97. The topological polar surface area (TPSA) is 88.8 Å². The summed E-state index contributed by atoms with van der Waals surface area (Å²) in [5, 5.41) is 11.2. The lowest BCUT2D eigenvalue weighted by Gasteiger charge is -2.34. The molecule has 7 nitrogen and oxygen atoms in total. The zero-order valence-electron chi connectivity index (χ0n) is 15.6. The van der Waals surface area contributed by atoms with E-state index in [1.54, 1.807) is 32.2 Å². The largest absolute Gasteiger partial charge is 0.369 e. The number of aliphatic imine (C=N–C) groups is 1. The minimum atomic E-state index is -3.49. The number of anilines is 1. The van der Waals surface area contributed by atoms with Crippen LogP contribution in [-0.2, 0) is 9.84 Å². The van der Waals surface area contributed by atoms with Crippen molar-refractivity contribution in [2.75, 3.05) is 44.4 Å². The predicted octanol–water partition coefficient (Wildman–Crippen LogP) is 2.04. The number of hydrogen-bond acceptors (Lipinski definition) is 7. The van der Waals surface area contributed by atoms with Crippen LogP contribution in [0.15, 0.2) is 28.1 Å². The molecule has 0 atom stereocenters. The number of nitriles is 1. The molecule has 0 aromatic heterocycles. The summed E-state index contributed by atoms with van der Waals surface area (Å²) >= 11 is 1.26. The van der Waals surface area contributed by atoms with E-state index in [0.29, 0.717) is 10.9 Å². The second-order valence-electron chi connectivity index (χ2n) is 6.39. The number of hydrogen-bond donors (Lipinski definition) is 1. The minimum Gasteiger partial charge on any atom is -0.369 e. The molecule has 1 heterocycles. The molecular formula is C17H25N5O2S2. The van der Waals surface area contributed by atoms with Gasteiger partial charge in [0.05, 0.1) is 15.8 Å². The van der Waals surface area contributed by atoms with Gasteiger partial charge in [0.2, 0.25) is 0 Å². The summed E-state index contributed by atoms with van der Waals surface area (Å²) in [4.78, 5) is 9.09. The van der Waals surface area contributed by atoms with Gasteiger partial charge in [-0.25, -0.2) is 13.4 Å². The van der Waals surface area contributed by atoms with Crippen LogP contribution in [0.2, 0.25) is 0 Å². The Morgan fingerprint density at radius 2 is 1.96 bits per heavy atom. The first-order valence-corrected chi connectivity index (χ1v) is 11.2. The molecular weight excluding hydrogens is 370 g/mol. The van der Waals surface area contributed by atoms with Gasteiger partial charge in [-0.2, -0.15) is 5.26 Å². The average molecular weight is 396 g/mol. The lowest BCUT2D eigenvalue weighted by molar-refractivity contribution is 0.313. The van der Waals surface area contributed by atoms with E-state index in [9.17, 15) is 8.42 Å². The van der Waals surface area contributed by atoms with E-state index in [0.717, 1.165) is 31.9 Å². The normalized spacial score (nSPS) is 16.6. The Morgan fingerprint density at radius 1 is 1.31 bits per heavy atom. The molecule has 1 aromatic carbocycles. The number of likely N-dealkylation sites (N-methyl/N-ethyl adjacent to an activating group) is 1. The van der Waals surface area contributed by atoms with E-state index in [-0.39, 0.29) is 4.90 Å². The highest BCUT2D eigenvalue weighted by Crippen LogP contribution is 2.33. The molecule has 0 radical (unpaired) electrons. The van der Waals surface area contributed by atoms with Gasteiger partial charge < -0.3 is 9.80 Å². The van der Waals surface area contributed by atoms with Crippen LogP contribution in [0.1, 0.15) is 13.8 Å². The van der Waals surface area contributed by atoms with Crippen molar-refractivity contribution in [1.29, 1.82) is 5.26 Å². The van der Waals surface area contributed by atoms with E-state index in [4.69, 9.17) is 5.26 Å². The SMILES string of the molecule is CSC(=Nc1cc(N2CCN(C)CC2)ccc1S(=O)(=O)C(C)C)NC#N. The Hall–Kier alpha value is -1.76. The molecule has 1 saturated heterocycles. The monoisotopic (exact) mass is 395 g/mol. The van der Waals surface area contributed by atoms with Crippen molar-refractivity contribution in [3.05, 3.63) is 18.2 Å². The van der Waals surface area contributed by atoms with Crippen LogP contribution in [0.5, 0.6) is 0 Å². The number of nitrogens with zero attached hydrogens (tertiary/aromatic N) is 4. The third-order valence-electron chi connectivity index (χ3n) is 4.32. The highest BCUT2D eigenvalue weighted by Gasteiger charge is 2.24. The van der Waals surface area contributed by atoms with Crippen molar-refractivity contribution >= 4 is 38.1 Å². The number of piperazine rings is 1. The summed E-state index contributed by atoms with van der Waals surface area (Å²) in [6.07, 6.45) is 3.62. The molecule has 1 fully saturated rings. The summed E-state index contributed by atoms with van der Waals surface area (Å²) in [5.41, 5.74) is 1.30. The molecule has 1 aliphatic rings. The van der Waals surface area contributed by atoms with Gasteiger partial charge in [-0.05, 0) is 45.4 Å². The van der Waals surface area contributed by atoms with E-state index in [1.165, 1.54) is 11.8 Å². The van der Waals surface area contributed by atoms with Crippen molar-refractivity contribution in [2.24, 2.45) is 4.99 Å². The molecule has 0 amide bonds. The third kappa shape index (κ3) is 4.69. The van der Waals surface area contributed by atoms with E-state index >= 15 is 0 Å². The molecule has 1 aliphatic heterocycles. The predicted molar refractivity (Wildman–Crippen MR) is 108 cm³/mol. The number of nitrogens with one attached hydrogen (secondary N) is 1. The van der Waals surface area contributed by atoms with Crippen molar-refractivity contribution in [3.63, 3.8) is 0 Å². The molecule has 1 N–H and O–H groups in total. The second kappa shape index (κ2) is 8.75. The van der Waals surface area contributed by atoms with Crippen molar-refractivity contribution < 1.29 is 8.42 Å². The van der Waals surface area contributed by atoms with Crippen LogP contribution in [-0.4, -0.2) is 63.2 Å². The molecule has 2 rings (SSSR count). The quantitative estimate of drug-likeness (QED) is 0.361. The molecule has 0 unspecified atom stereocenters. The molecule has 0 saturated carbocycles. The molecule has 9 heteroatoms. The summed E-state index contributed by atoms with van der Waals surface area (Å²) in [5.74, 6) is 0. The van der Waals surface area contributed by atoms with Gasteiger partial charge in [0.25, 0.3) is 0 Å². The maximum atomic E-state index is 12.7. The van der Waals surface area contributed by atoms with Crippen LogP contribution < -0.4 is 10.2 Å². The van der Waals surface area contributed by atoms with Gasteiger partial charge >= 0.3 is 0 Å². The molecule has 0 spiro atoms. The van der Waals surface area contributed by atoms with Gasteiger partial charge in [0.15, 0.2) is 21.2 Å². The lowest BCUT2D eigenvalue weighted by atomic mass is 10.2. The third-order valence-corrected chi connectivity index (χ3v) is 7.10.